The predicted molar refractivity (Wildman–Crippen MR) is 99.7 cm³/mol. The average Bonchev–Trinajstić information content (AvgIpc) is 3.31. The zero-order valence-electron chi connectivity index (χ0n) is 14.4. The number of pyridine rings is 1. The number of aromatic nitrogens is 4. The van der Waals surface area contributed by atoms with Crippen molar-refractivity contribution in [2.45, 2.75) is 37.6 Å². The Balaban J connectivity index is 1.57. The van der Waals surface area contributed by atoms with E-state index in [9.17, 15) is 0 Å². The fraction of sp³-hybridized carbons (Fsp3) is 0.474. The smallest absolute Gasteiger partial charge is 0.140 e. The summed E-state index contributed by atoms with van der Waals surface area (Å²) in [4.78, 5) is 18.1. The number of fused-ring (bicyclic) bond motifs is 1. The molecular weight excluding hydrogens is 312 g/mol. The first-order chi connectivity index (χ1) is 12.3. The lowest BCUT2D eigenvalue weighted by Gasteiger charge is -2.47. The number of piperidine rings is 2. The van der Waals surface area contributed by atoms with E-state index in [4.69, 9.17) is 0 Å². The summed E-state index contributed by atoms with van der Waals surface area (Å²) < 4.78 is 0. The number of anilines is 1. The second-order valence-corrected chi connectivity index (χ2v) is 7.38. The second-order valence-electron chi connectivity index (χ2n) is 7.38. The lowest BCUT2D eigenvalue weighted by molar-refractivity contribution is 0.216. The molecule has 0 aromatic carbocycles. The molecule has 130 valence electrons. The molecule has 2 fully saturated rings. The van der Waals surface area contributed by atoms with Crippen LogP contribution in [-0.4, -0.2) is 45.1 Å². The molecule has 2 aliphatic rings. The maximum atomic E-state index is 4.53. The summed E-state index contributed by atoms with van der Waals surface area (Å²) in [6, 6.07) is 2.16. The molecule has 3 N–H and O–H groups in total. The molecule has 0 amide bonds. The third kappa shape index (κ3) is 2.52. The van der Waals surface area contributed by atoms with Crippen LogP contribution in [0.25, 0.3) is 22.4 Å². The largest absolute Gasteiger partial charge is 0.369 e. The molecule has 0 saturated carbocycles. The van der Waals surface area contributed by atoms with Crippen molar-refractivity contribution in [3.05, 3.63) is 30.9 Å². The van der Waals surface area contributed by atoms with E-state index in [0.717, 1.165) is 36.7 Å². The van der Waals surface area contributed by atoms with Crippen LogP contribution in [0, 0.1) is 0 Å². The fourth-order valence-corrected chi connectivity index (χ4v) is 4.62. The van der Waals surface area contributed by atoms with Gasteiger partial charge in [0.2, 0.25) is 0 Å². The number of aromatic amines is 2. The molecule has 0 unspecified atom stereocenters. The average molecular weight is 336 g/mol. The highest BCUT2D eigenvalue weighted by Crippen LogP contribution is 2.37. The number of nitrogens with zero attached hydrogens (tertiary/aromatic N) is 3. The van der Waals surface area contributed by atoms with Crippen LogP contribution in [0.5, 0.6) is 0 Å². The van der Waals surface area contributed by atoms with Crippen LogP contribution < -0.4 is 10.2 Å². The number of imidazole rings is 1. The van der Waals surface area contributed by atoms with Gasteiger partial charge in [0, 0.05) is 49.0 Å². The minimum Gasteiger partial charge on any atom is -0.369 e. The van der Waals surface area contributed by atoms with Crippen LogP contribution in [0.2, 0.25) is 0 Å². The van der Waals surface area contributed by atoms with Crippen molar-refractivity contribution >= 4 is 16.7 Å². The summed E-state index contributed by atoms with van der Waals surface area (Å²) >= 11 is 0. The van der Waals surface area contributed by atoms with Crippen molar-refractivity contribution in [1.82, 2.24) is 25.3 Å². The normalized spacial score (nSPS) is 24.2. The predicted octanol–water partition coefficient (Wildman–Crippen LogP) is 3.07. The van der Waals surface area contributed by atoms with Gasteiger partial charge in [-0.1, -0.05) is 6.42 Å². The third-order valence-corrected chi connectivity index (χ3v) is 5.80. The van der Waals surface area contributed by atoms with Gasteiger partial charge in [-0.25, -0.2) is 9.97 Å². The minimum atomic E-state index is 0.285. The van der Waals surface area contributed by atoms with Crippen LogP contribution in [0.1, 0.15) is 32.1 Å². The molecule has 0 aliphatic carbocycles. The van der Waals surface area contributed by atoms with Crippen molar-refractivity contribution in [3.8, 4) is 11.4 Å². The number of hydrogen-bond donors (Lipinski definition) is 3. The molecule has 2 saturated heterocycles. The molecule has 2 aliphatic heterocycles. The highest BCUT2D eigenvalue weighted by Gasteiger charge is 2.37. The van der Waals surface area contributed by atoms with Gasteiger partial charge in [-0.05, 0) is 38.3 Å². The van der Waals surface area contributed by atoms with Gasteiger partial charge in [0.05, 0.1) is 11.1 Å². The van der Waals surface area contributed by atoms with E-state index in [2.05, 4.69) is 36.2 Å². The van der Waals surface area contributed by atoms with E-state index in [1.165, 1.54) is 43.2 Å². The quantitative estimate of drug-likeness (QED) is 0.672. The summed E-state index contributed by atoms with van der Waals surface area (Å²) in [7, 11) is 0. The minimum absolute atomic E-state index is 0.285. The highest BCUT2D eigenvalue weighted by molar-refractivity contribution is 6.01. The Labute approximate surface area is 147 Å². The van der Waals surface area contributed by atoms with Crippen molar-refractivity contribution < 1.29 is 0 Å². The van der Waals surface area contributed by atoms with Gasteiger partial charge in [-0.2, -0.15) is 0 Å². The van der Waals surface area contributed by atoms with Gasteiger partial charge in [0.1, 0.15) is 11.5 Å². The highest BCUT2D eigenvalue weighted by atomic mass is 15.2. The molecule has 1 spiro atoms. The Hall–Kier alpha value is -2.34. The van der Waals surface area contributed by atoms with Gasteiger partial charge in [-0.3, -0.25) is 0 Å². The van der Waals surface area contributed by atoms with Crippen molar-refractivity contribution in [1.29, 1.82) is 0 Å². The van der Waals surface area contributed by atoms with Crippen LogP contribution in [0.4, 0.5) is 5.69 Å². The Morgan fingerprint density at radius 1 is 1.04 bits per heavy atom. The Bertz CT molecular complexity index is 854. The summed E-state index contributed by atoms with van der Waals surface area (Å²) in [5, 5.41) is 5.01. The van der Waals surface area contributed by atoms with Gasteiger partial charge < -0.3 is 20.2 Å². The molecule has 3 aromatic rings. The Kier molecular flexibility index (Phi) is 3.52. The van der Waals surface area contributed by atoms with E-state index in [0.29, 0.717) is 0 Å². The molecule has 6 heteroatoms. The first-order valence-corrected chi connectivity index (χ1v) is 9.31. The molecule has 3 aromatic heterocycles. The first kappa shape index (κ1) is 15.0. The zero-order chi connectivity index (χ0) is 16.7. The van der Waals surface area contributed by atoms with E-state index in [1.807, 2.05) is 18.6 Å². The standard InChI is InChI=1S/C19H24N6/c1-2-7-24-19(5-1)6-3-11-25(13-19)15-4-8-20-18-16(15)14(12-23-18)17-21-9-10-22-17/h4,8-10,12,24H,1-3,5-7,11,13H2,(H,20,23)(H,21,22)/t19-/m0/s1. The van der Waals surface area contributed by atoms with E-state index >= 15 is 0 Å². The second kappa shape index (κ2) is 5.88. The number of nitrogens with one attached hydrogen (secondary N) is 3. The topological polar surface area (TPSA) is 72.6 Å². The third-order valence-electron chi connectivity index (χ3n) is 5.80. The van der Waals surface area contributed by atoms with Crippen molar-refractivity contribution in [2.75, 3.05) is 24.5 Å². The molecule has 0 bridgehead atoms. The maximum Gasteiger partial charge on any atom is 0.140 e. The lowest BCUT2D eigenvalue weighted by atomic mass is 9.81. The SMILES string of the molecule is c1c[nH]c(-c2c[nH]c3nccc(N4CCC[C@@]5(CCCCN5)C4)c23)n1. The van der Waals surface area contributed by atoms with Crippen LogP contribution in [-0.2, 0) is 0 Å². The molecule has 6 nitrogen and oxygen atoms in total. The summed E-state index contributed by atoms with van der Waals surface area (Å²) in [5.41, 5.74) is 3.58. The molecule has 25 heavy (non-hydrogen) atoms. The van der Waals surface area contributed by atoms with Gasteiger partial charge in [0.25, 0.3) is 0 Å². The van der Waals surface area contributed by atoms with Crippen LogP contribution >= 0.6 is 0 Å². The lowest BCUT2D eigenvalue weighted by Crippen LogP contribution is -2.59. The van der Waals surface area contributed by atoms with Crippen LogP contribution in [0.15, 0.2) is 30.9 Å². The molecule has 5 heterocycles. The van der Waals surface area contributed by atoms with E-state index < -0.39 is 0 Å². The number of rotatable bonds is 2. The van der Waals surface area contributed by atoms with E-state index in [-0.39, 0.29) is 5.54 Å². The van der Waals surface area contributed by atoms with Gasteiger partial charge in [0.15, 0.2) is 0 Å². The van der Waals surface area contributed by atoms with Crippen molar-refractivity contribution in [3.63, 3.8) is 0 Å². The summed E-state index contributed by atoms with van der Waals surface area (Å²) in [5.74, 6) is 0.892. The fourth-order valence-electron chi connectivity index (χ4n) is 4.62. The van der Waals surface area contributed by atoms with Crippen LogP contribution in [0.3, 0.4) is 0 Å². The molecule has 1 atom stereocenters. The van der Waals surface area contributed by atoms with E-state index in [1.54, 1.807) is 6.20 Å². The zero-order valence-corrected chi connectivity index (χ0v) is 14.4. The summed E-state index contributed by atoms with van der Waals surface area (Å²) in [6.07, 6.45) is 14.0. The van der Waals surface area contributed by atoms with Gasteiger partial charge >= 0.3 is 0 Å². The number of H-pyrrole nitrogens is 2. The van der Waals surface area contributed by atoms with Gasteiger partial charge in [-0.15, -0.1) is 0 Å². The molecule has 5 rings (SSSR count). The molecular formula is C19H24N6. The van der Waals surface area contributed by atoms with Crippen molar-refractivity contribution in [2.24, 2.45) is 0 Å². The summed E-state index contributed by atoms with van der Waals surface area (Å²) in [6.45, 7) is 3.33. The molecule has 0 radical (unpaired) electrons. The maximum absolute atomic E-state index is 4.53. The Morgan fingerprint density at radius 2 is 2.00 bits per heavy atom. The monoisotopic (exact) mass is 336 g/mol. The number of hydrogen-bond acceptors (Lipinski definition) is 4. The first-order valence-electron chi connectivity index (χ1n) is 9.31. The Morgan fingerprint density at radius 3 is 2.84 bits per heavy atom.